The summed E-state index contributed by atoms with van der Waals surface area (Å²) in [5.41, 5.74) is 2.89. The molecule has 0 aliphatic heterocycles. The molecule has 4 nitrogen and oxygen atoms in total. The first kappa shape index (κ1) is 14.9. The van der Waals surface area contributed by atoms with Gasteiger partial charge in [0.2, 0.25) is 0 Å². The maximum Gasteiger partial charge on any atom is 0.251 e. The molecule has 1 aromatic carbocycles. The quantitative estimate of drug-likeness (QED) is 0.802. The molecule has 1 aromatic rings. The van der Waals surface area contributed by atoms with Crippen LogP contribution < -0.4 is 10.6 Å². The zero-order chi connectivity index (χ0) is 14.5. The van der Waals surface area contributed by atoms with Crippen LogP contribution >= 0.6 is 0 Å². The lowest BCUT2D eigenvalue weighted by Gasteiger charge is -2.19. The number of anilines is 1. The minimum absolute atomic E-state index is 0.0163. The van der Waals surface area contributed by atoms with E-state index in [1.165, 1.54) is 12.8 Å². The first-order chi connectivity index (χ1) is 9.65. The van der Waals surface area contributed by atoms with Crippen molar-refractivity contribution in [3.05, 3.63) is 29.3 Å². The Labute approximate surface area is 121 Å². The van der Waals surface area contributed by atoms with Crippen molar-refractivity contribution in [2.45, 2.75) is 32.7 Å². The van der Waals surface area contributed by atoms with Gasteiger partial charge in [0.15, 0.2) is 0 Å². The number of carbonyl (C=O) groups is 1. The smallest absolute Gasteiger partial charge is 0.251 e. The minimum Gasteiger partial charge on any atom is -0.388 e. The summed E-state index contributed by atoms with van der Waals surface area (Å²) in [5.74, 6) is 0.0163. The second-order valence-electron chi connectivity index (χ2n) is 5.40. The molecule has 4 heteroatoms. The molecule has 1 fully saturated rings. The van der Waals surface area contributed by atoms with E-state index in [1.54, 1.807) is 0 Å². The predicted molar refractivity (Wildman–Crippen MR) is 83.3 cm³/mol. The molecule has 0 radical (unpaired) electrons. The third-order valence-corrected chi connectivity index (χ3v) is 3.91. The number of rotatable bonds is 7. The largest absolute Gasteiger partial charge is 0.388 e. The number of carbonyl (C=O) groups excluding carboxylic acids is 1. The van der Waals surface area contributed by atoms with E-state index in [9.17, 15) is 4.79 Å². The predicted octanol–water partition coefficient (Wildman–Crippen LogP) is 2.25. The van der Waals surface area contributed by atoms with Gasteiger partial charge in [-0.25, -0.2) is 0 Å². The molecule has 1 aliphatic carbocycles. The Balaban J connectivity index is 1.83. The Morgan fingerprint density at radius 1 is 1.40 bits per heavy atom. The van der Waals surface area contributed by atoms with E-state index in [-0.39, 0.29) is 5.91 Å². The number of nitrogens with one attached hydrogen (secondary N) is 2. The summed E-state index contributed by atoms with van der Waals surface area (Å²) in [7, 11) is 1.89. The molecule has 0 saturated heterocycles. The van der Waals surface area contributed by atoms with Crippen molar-refractivity contribution >= 4 is 11.6 Å². The summed E-state index contributed by atoms with van der Waals surface area (Å²) in [6, 6.07) is 6.51. The van der Waals surface area contributed by atoms with Gasteiger partial charge in [0.25, 0.3) is 5.91 Å². The monoisotopic (exact) mass is 275 g/mol. The van der Waals surface area contributed by atoms with Gasteiger partial charge in [0.1, 0.15) is 0 Å². The van der Waals surface area contributed by atoms with Gasteiger partial charge in [-0.15, -0.1) is 0 Å². The van der Waals surface area contributed by atoms with Gasteiger partial charge < -0.3 is 10.6 Å². The fourth-order valence-corrected chi connectivity index (χ4v) is 2.54. The SMILES string of the molecule is CCN(CCNC(=O)c1ccc(NC)c(C)c1)C1CC1. The highest BCUT2D eigenvalue weighted by Gasteiger charge is 2.27. The molecular formula is C16H25N3O. The van der Waals surface area contributed by atoms with Crippen LogP contribution in [-0.2, 0) is 0 Å². The summed E-state index contributed by atoms with van der Waals surface area (Å²) in [6.07, 6.45) is 2.62. The van der Waals surface area contributed by atoms with E-state index < -0.39 is 0 Å². The van der Waals surface area contributed by atoms with Crippen molar-refractivity contribution in [1.29, 1.82) is 0 Å². The minimum atomic E-state index is 0.0163. The van der Waals surface area contributed by atoms with E-state index in [0.717, 1.165) is 42.5 Å². The molecule has 0 bridgehead atoms. The van der Waals surface area contributed by atoms with Crippen molar-refractivity contribution in [2.75, 3.05) is 32.0 Å². The number of hydrogen-bond acceptors (Lipinski definition) is 3. The lowest BCUT2D eigenvalue weighted by molar-refractivity contribution is 0.0948. The van der Waals surface area contributed by atoms with Crippen LogP contribution in [0.15, 0.2) is 18.2 Å². The number of aryl methyl sites for hydroxylation is 1. The molecule has 0 aromatic heterocycles. The molecule has 1 saturated carbocycles. The Kier molecular flexibility index (Phi) is 5.01. The average Bonchev–Trinajstić information content (AvgIpc) is 3.27. The summed E-state index contributed by atoms with van der Waals surface area (Å²) in [4.78, 5) is 14.5. The first-order valence-corrected chi connectivity index (χ1v) is 7.46. The molecule has 20 heavy (non-hydrogen) atoms. The highest BCUT2D eigenvalue weighted by molar-refractivity contribution is 5.94. The van der Waals surface area contributed by atoms with Crippen molar-refractivity contribution in [1.82, 2.24) is 10.2 Å². The molecule has 2 N–H and O–H groups in total. The lowest BCUT2D eigenvalue weighted by Crippen LogP contribution is -2.36. The standard InChI is InChI=1S/C16H25N3O/c1-4-19(14-6-7-14)10-9-18-16(20)13-5-8-15(17-3)12(2)11-13/h5,8,11,14,17H,4,6-7,9-10H2,1-3H3,(H,18,20). The zero-order valence-corrected chi connectivity index (χ0v) is 12.7. The van der Waals surface area contributed by atoms with Crippen molar-refractivity contribution in [3.8, 4) is 0 Å². The molecule has 0 heterocycles. The van der Waals surface area contributed by atoms with Crippen LogP contribution in [0.3, 0.4) is 0 Å². The van der Waals surface area contributed by atoms with E-state index in [0.29, 0.717) is 0 Å². The third kappa shape index (κ3) is 3.73. The normalized spacial score (nSPS) is 14.4. The van der Waals surface area contributed by atoms with Crippen LogP contribution in [0.2, 0.25) is 0 Å². The van der Waals surface area contributed by atoms with Crippen LogP contribution in [0.1, 0.15) is 35.7 Å². The Morgan fingerprint density at radius 3 is 2.70 bits per heavy atom. The van der Waals surface area contributed by atoms with E-state index in [2.05, 4.69) is 22.5 Å². The number of likely N-dealkylation sites (N-methyl/N-ethyl adjacent to an activating group) is 1. The molecule has 2 rings (SSSR count). The Hall–Kier alpha value is -1.55. The Bertz CT molecular complexity index is 469. The Morgan fingerprint density at radius 2 is 2.15 bits per heavy atom. The topological polar surface area (TPSA) is 44.4 Å². The lowest BCUT2D eigenvalue weighted by atomic mass is 10.1. The van der Waals surface area contributed by atoms with Crippen LogP contribution in [-0.4, -0.2) is 43.5 Å². The average molecular weight is 275 g/mol. The van der Waals surface area contributed by atoms with E-state index >= 15 is 0 Å². The summed E-state index contributed by atoms with van der Waals surface area (Å²) in [5, 5.41) is 6.12. The number of hydrogen-bond donors (Lipinski definition) is 2. The molecule has 1 amide bonds. The molecular weight excluding hydrogens is 250 g/mol. The van der Waals surface area contributed by atoms with Crippen LogP contribution in [0.5, 0.6) is 0 Å². The van der Waals surface area contributed by atoms with Gasteiger partial charge >= 0.3 is 0 Å². The second-order valence-corrected chi connectivity index (χ2v) is 5.40. The summed E-state index contributed by atoms with van der Waals surface area (Å²) in [6.45, 7) is 6.92. The number of benzene rings is 1. The number of amides is 1. The zero-order valence-electron chi connectivity index (χ0n) is 12.7. The summed E-state index contributed by atoms with van der Waals surface area (Å²) < 4.78 is 0. The van der Waals surface area contributed by atoms with Crippen LogP contribution in [0.25, 0.3) is 0 Å². The van der Waals surface area contributed by atoms with Crippen LogP contribution in [0.4, 0.5) is 5.69 Å². The van der Waals surface area contributed by atoms with Crippen molar-refractivity contribution < 1.29 is 4.79 Å². The molecule has 0 atom stereocenters. The maximum atomic E-state index is 12.1. The van der Waals surface area contributed by atoms with Crippen molar-refractivity contribution in [3.63, 3.8) is 0 Å². The van der Waals surface area contributed by atoms with Gasteiger partial charge in [0, 0.05) is 37.4 Å². The second kappa shape index (κ2) is 6.75. The van der Waals surface area contributed by atoms with Gasteiger partial charge in [0.05, 0.1) is 0 Å². The molecule has 0 unspecified atom stereocenters. The van der Waals surface area contributed by atoms with Crippen molar-refractivity contribution in [2.24, 2.45) is 0 Å². The summed E-state index contributed by atoms with van der Waals surface area (Å²) >= 11 is 0. The molecule has 110 valence electrons. The third-order valence-electron chi connectivity index (χ3n) is 3.91. The molecule has 1 aliphatic rings. The first-order valence-electron chi connectivity index (χ1n) is 7.46. The maximum absolute atomic E-state index is 12.1. The highest BCUT2D eigenvalue weighted by Crippen LogP contribution is 2.25. The highest BCUT2D eigenvalue weighted by atomic mass is 16.1. The van der Waals surface area contributed by atoms with E-state index in [1.807, 2.05) is 32.2 Å². The van der Waals surface area contributed by atoms with Gasteiger partial charge in [-0.3, -0.25) is 9.69 Å². The fourth-order valence-electron chi connectivity index (χ4n) is 2.54. The fraction of sp³-hybridized carbons (Fsp3) is 0.562. The van der Waals surface area contributed by atoms with E-state index in [4.69, 9.17) is 0 Å². The number of nitrogens with zero attached hydrogens (tertiary/aromatic N) is 1. The molecule has 0 spiro atoms. The van der Waals surface area contributed by atoms with Crippen LogP contribution in [0, 0.1) is 6.92 Å². The van der Waals surface area contributed by atoms with Gasteiger partial charge in [-0.05, 0) is 50.1 Å². The van der Waals surface area contributed by atoms with Gasteiger partial charge in [-0.2, -0.15) is 0 Å². The van der Waals surface area contributed by atoms with Gasteiger partial charge in [-0.1, -0.05) is 6.92 Å².